The average Bonchev–Trinajstić information content (AvgIpc) is 2.26. The summed E-state index contributed by atoms with van der Waals surface area (Å²) in [7, 11) is 2.11. The van der Waals surface area contributed by atoms with Crippen LogP contribution in [0.15, 0.2) is 0 Å². The van der Waals surface area contributed by atoms with Crippen LogP contribution in [0.1, 0.15) is 6.92 Å². The maximum atomic E-state index is 12.2. The molecule has 1 N–H and O–H groups in total. The minimum absolute atomic E-state index is 0.298. The van der Waals surface area contributed by atoms with E-state index >= 15 is 0 Å². The Morgan fingerprint density at radius 3 is 2.41 bits per heavy atom. The van der Waals surface area contributed by atoms with Crippen molar-refractivity contribution in [3.05, 3.63) is 0 Å². The Bertz CT molecular complexity index is 259. The van der Waals surface area contributed by atoms with Crippen molar-refractivity contribution in [2.24, 2.45) is 0 Å². The highest BCUT2D eigenvalue weighted by Gasteiger charge is 2.27. The number of rotatable bonds is 4. The molecule has 0 aromatic carbocycles. The molecular weight excluding hydrogens is 216 g/mol. The lowest BCUT2D eigenvalue weighted by molar-refractivity contribution is -0.134. The molecule has 0 atom stereocenters. The minimum Gasteiger partial charge on any atom is -0.339 e. The molecule has 0 saturated carbocycles. The van der Waals surface area contributed by atoms with Crippen molar-refractivity contribution in [1.29, 1.82) is 0 Å². The molecule has 0 aromatic rings. The van der Waals surface area contributed by atoms with Crippen LogP contribution in [0.2, 0.25) is 0 Å². The molecule has 0 spiro atoms. The Labute approximate surface area is 104 Å². The topological polar surface area (TPSA) is 38.8 Å². The summed E-state index contributed by atoms with van der Waals surface area (Å²) >= 11 is 0. The first kappa shape index (κ1) is 12.8. The third-order valence-corrected chi connectivity index (χ3v) is 3.88. The van der Waals surface area contributed by atoms with Gasteiger partial charge >= 0.3 is 0 Å². The summed E-state index contributed by atoms with van der Waals surface area (Å²) in [4.78, 5) is 18.7. The first-order valence-electron chi connectivity index (χ1n) is 6.61. The maximum absolute atomic E-state index is 12.2. The first-order valence-corrected chi connectivity index (χ1v) is 6.61. The predicted octanol–water partition coefficient (Wildman–Crippen LogP) is -0.946. The zero-order valence-electron chi connectivity index (χ0n) is 11.0. The second kappa shape index (κ2) is 5.80. The smallest absolute Gasteiger partial charge is 0.236 e. The van der Waals surface area contributed by atoms with Crippen LogP contribution in [0.25, 0.3) is 0 Å². The fraction of sp³-hybridized carbons (Fsp3) is 0.917. The Kier molecular flexibility index (Phi) is 4.36. The molecule has 0 bridgehead atoms. The number of carbonyl (C=O) groups excluding carboxylic acids is 1. The molecule has 17 heavy (non-hydrogen) atoms. The number of nitrogens with zero attached hydrogens (tertiary/aromatic N) is 3. The van der Waals surface area contributed by atoms with E-state index in [0.29, 0.717) is 18.5 Å². The van der Waals surface area contributed by atoms with Crippen molar-refractivity contribution in [3.8, 4) is 0 Å². The quantitative estimate of drug-likeness (QED) is 0.688. The second-order valence-electron chi connectivity index (χ2n) is 5.06. The maximum Gasteiger partial charge on any atom is 0.236 e. The fourth-order valence-corrected chi connectivity index (χ4v) is 2.36. The highest BCUT2D eigenvalue weighted by atomic mass is 16.2. The molecule has 0 unspecified atom stereocenters. The Hall–Kier alpha value is -0.650. The van der Waals surface area contributed by atoms with Gasteiger partial charge in [0.15, 0.2) is 0 Å². The van der Waals surface area contributed by atoms with Crippen LogP contribution >= 0.6 is 0 Å². The van der Waals surface area contributed by atoms with E-state index in [-0.39, 0.29) is 0 Å². The summed E-state index contributed by atoms with van der Waals surface area (Å²) in [5.74, 6) is 0.298. The number of nitrogens with one attached hydrogen (secondary N) is 1. The van der Waals surface area contributed by atoms with Gasteiger partial charge in [0.2, 0.25) is 5.91 Å². The number of hydrogen-bond acceptors (Lipinski definition) is 4. The van der Waals surface area contributed by atoms with Gasteiger partial charge < -0.3 is 15.1 Å². The molecule has 1 amide bonds. The molecule has 2 fully saturated rings. The second-order valence-corrected chi connectivity index (χ2v) is 5.06. The zero-order valence-corrected chi connectivity index (χ0v) is 11.0. The van der Waals surface area contributed by atoms with Crippen LogP contribution in [0.5, 0.6) is 0 Å². The lowest BCUT2D eigenvalue weighted by atomic mass is 10.1. The van der Waals surface area contributed by atoms with Gasteiger partial charge in [-0.15, -0.1) is 0 Å². The molecule has 2 aliphatic heterocycles. The standard InChI is InChI=1S/C12H24N4O/c1-3-15(11-8-13-9-11)10-12(17)16-6-4-14(2)5-7-16/h11,13H,3-10H2,1-2H3. The number of carbonyl (C=O) groups is 1. The van der Waals surface area contributed by atoms with Gasteiger partial charge in [-0.1, -0.05) is 6.92 Å². The van der Waals surface area contributed by atoms with Crippen LogP contribution in [0, 0.1) is 0 Å². The molecule has 0 aromatic heterocycles. The van der Waals surface area contributed by atoms with Gasteiger partial charge in [-0.05, 0) is 13.6 Å². The largest absolute Gasteiger partial charge is 0.339 e. The van der Waals surface area contributed by atoms with Crippen molar-refractivity contribution >= 4 is 5.91 Å². The van der Waals surface area contributed by atoms with E-state index in [1.54, 1.807) is 0 Å². The molecule has 0 aliphatic carbocycles. The Morgan fingerprint density at radius 2 is 1.94 bits per heavy atom. The van der Waals surface area contributed by atoms with Crippen LogP contribution in [-0.2, 0) is 4.79 Å². The van der Waals surface area contributed by atoms with E-state index in [1.165, 1.54) is 0 Å². The van der Waals surface area contributed by atoms with E-state index in [1.807, 2.05) is 4.90 Å². The van der Waals surface area contributed by atoms with Crippen molar-refractivity contribution in [1.82, 2.24) is 20.0 Å². The van der Waals surface area contributed by atoms with Crippen LogP contribution < -0.4 is 5.32 Å². The molecule has 98 valence electrons. The Balaban J connectivity index is 1.78. The van der Waals surface area contributed by atoms with E-state index in [9.17, 15) is 4.79 Å². The number of amides is 1. The van der Waals surface area contributed by atoms with Crippen molar-refractivity contribution in [2.45, 2.75) is 13.0 Å². The van der Waals surface area contributed by atoms with Gasteiger partial charge in [0.25, 0.3) is 0 Å². The molecule has 5 nitrogen and oxygen atoms in total. The summed E-state index contributed by atoms with van der Waals surface area (Å²) in [5, 5.41) is 3.26. The van der Waals surface area contributed by atoms with Crippen molar-refractivity contribution < 1.29 is 4.79 Å². The summed E-state index contributed by atoms with van der Waals surface area (Å²) in [6.07, 6.45) is 0. The summed E-state index contributed by atoms with van der Waals surface area (Å²) in [5.41, 5.74) is 0. The summed E-state index contributed by atoms with van der Waals surface area (Å²) < 4.78 is 0. The molecule has 2 rings (SSSR count). The molecule has 2 heterocycles. The summed E-state index contributed by atoms with van der Waals surface area (Å²) in [6.45, 7) is 9.53. The van der Waals surface area contributed by atoms with Crippen molar-refractivity contribution in [2.75, 3.05) is 59.4 Å². The normalized spacial score (nSPS) is 22.9. The van der Waals surface area contributed by atoms with Crippen LogP contribution in [0.3, 0.4) is 0 Å². The lowest BCUT2D eigenvalue weighted by Crippen LogP contribution is -2.59. The molecule has 0 radical (unpaired) electrons. The van der Waals surface area contributed by atoms with Gasteiger partial charge in [-0.3, -0.25) is 9.69 Å². The fourth-order valence-electron chi connectivity index (χ4n) is 2.36. The van der Waals surface area contributed by atoms with Crippen LogP contribution in [0.4, 0.5) is 0 Å². The SMILES string of the molecule is CCN(CC(=O)N1CCN(C)CC1)C1CNC1. The minimum atomic E-state index is 0.298. The molecule has 5 heteroatoms. The van der Waals surface area contributed by atoms with Crippen LogP contribution in [-0.4, -0.2) is 86.1 Å². The van der Waals surface area contributed by atoms with Gasteiger partial charge in [0.05, 0.1) is 6.54 Å². The number of likely N-dealkylation sites (N-methyl/N-ethyl adjacent to an activating group) is 2. The lowest BCUT2D eigenvalue weighted by Gasteiger charge is -2.39. The summed E-state index contributed by atoms with van der Waals surface area (Å²) in [6, 6.07) is 0.566. The monoisotopic (exact) mass is 240 g/mol. The predicted molar refractivity (Wildman–Crippen MR) is 68.0 cm³/mol. The van der Waals surface area contributed by atoms with Gasteiger partial charge in [0.1, 0.15) is 0 Å². The average molecular weight is 240 g/mol. The zero-order chi connectivity index (χ0) is 12.3. The first-order chi connectivity index (χ1) is 8.20. The van der Waals surface area contributed by atoms with E-state index in [0.717, 1.165) is 45.8 Å². The van der Waals surface area contributed by atoms with Gasteiger partial charge in [0, 0.05) is 45.3 Å². The number of hydrogen-bond donors (Lipinski definition) is 1. The van der Waals surface area contributed by atoms with Crippen molar-refractivity contribution in [3.63, 3.8) is 0 Å². The number of piperazine rings is 1. The van der Waals surface area contributed by atoms with E-state index < -0.39 is 0 Å². The highest BCUT2D eigenvalue weighted by molar-refractivity contribution is 5.78. The Morgan fingerprint density at radius 1 is 1.29 bits per heavy atom. The van der Waals surface area contributed by atoms with E-state index in [4.69, 9.17) is 0 Å². The highest BCUT2D eigenvalue weighted by Crippen LogP contribution is 2.06. The third-order valence-electron chi connectivity index (χ3n) is 3.88. The van der Waals surface area contributed by atoms with Gasteiger partial charge in [-0.25, -0.2) is 0 Å². The molecule has 2 aliphatic rings. The van der Waals surface area contributed by atoms with Gasteiger partial charge in [-0.2, -0.15) is 0 Å². The molecule has 2 saturated heterocycles. The molecular formula is C12H24N4O. The van der Waals surface area contributed by atoms with E-state index in [2.05, 4.69) is 29.1 Å². The third kappa shape index (κ3) is 3.18.